The van der Waals surface area contributed by atoms with E-state index in [1.54, 1.807) is 22.1 Å². The van der Waals surface area contributed by atoms with Crippen LogP contribution in [0.2, 0.25) is 0 Å². The van der Waals surface area contributed by atoms with Crippen molar-refractivity contribution < 1.29 is 4.52 Å². The largest absolute Gasteiger partial charge is 0.384 e. The normalized spacial score (nSPS) is 10.9. The quantitative estimate of drug-likeness (QED) is 0.779. The Hall–Kier alpha value is -2.15. The fourth-order valence-corrected chi connectivity index (χ4v) is 2.28. The van der Waals surface area contributed by atoms with Crippen LogP contribution in [0.15, 0.2) is 27.4 Å². The van der Waals surface area contributed by atoms with Gasteiger partial charge >= 0.3 is 0 Å². The third-order valence-corrected chi connectivity index (χ3v) is 3.15. The summed E-state index contributed by atoms with van der Waals surface area (Å²) in [5, 5.41) is 12.1. The van der Waals surface area contributed by atoms with Crippen LogP contribution in [0, 0.1) is 6.92 Å². The molecule has 3 rings (SSSR count). The number of hydrogen-bond acceptors (Lipinski definition) is 6. The van der Waals surface area contributed by atoms with Gasteiger partial charge < -0.3 is 10.3 Å². The molecule has 0 saturated heterocycles. The first-order valence-corrected chi connectivity index (χ1v) is 6.32. The van der Waals surface area contributed by atoms with E-state index in [-0.39, 0.29) is 0 Å². The van der Waals surface area contributed by atoms with Crippen LogP contribution in [0.1, 0.15) is 11.6 Å². The second-order valence-electron chi connectivity index (χ2n) is 3.89. The Morgan fingerprint density at radius 3 is 3.06 bits per heavy atom. The number of nitrogens with two attached hydrogens (primary N) is 1. The van der Waals surface area contributed by atoms with E-state index in [4.69, 9.17) is 10.3 Å². The summed E-state index contributed by atoms with van der Waals surface area (Å²) in [6, 6.07) is 3.75. The van der Waals surface area contributed by atoms with Crippen molar-refractivity contribution in [2.75, 3.05) is 5.73 Å². The molecular weight excluding hydrogens is 250 g/mol. The van der Waals surface area contributed by atoms with Crippen molar-refractivity contribution in [2.45, 2.75) is 13.5 Å². The lowest BCUT2D eigenvalue weighted by atomic mass is 10.3. The van der Waals surface area contributed by atoms with Gasteiger partial charge in [-0.3, -0.25) is 0 Å². The molecule has 0 bridgehead atoms. The molecule has 6 nitrogen and oxygen atoms in total. The predicted octanol–water partition coefficient (Wildman–Crippen LogP) is 1.93. The molecule has 3 aromatic heterocycles. The smallest absolute Gasteiger partial charge is 0.248 e. The van der Waals surface area contributed by atoms with E-state index < -0.39 is 0 Å². The second kappa shape index (κ2) is 4.26. The molecule has 0 atom stereocenters. The van der Waals surface area contributed by atoms with Crippen LogP contribution in [-0.4, -0.2) is 19.9 Å². The van der Waals surface area contributed by atoms with Gasteiger partial charge in [-0.15, -0.1) is 0 Å². The van der Waals surface area contributed by atoms with Gasteiger partial charge in [0.15, 0.2) is 0 Å². The van der Waals surface area contributed by atoms with Crippen LogP contribution >= 0.6 is 11.3 Å². The molecule has 0 radical (unpaired) electrons. The number of nitrogen functional groups attached to an aromatic ring is 1. The predicted molar refractivity (Wildman–Crippen MR) is 68.1 cm³/mol. The van der Waals surface area contributed by atoms with Crippen LogP contribution < -0.4 is 5.73 Å². The third-order valence-electron chi connectivity index (χ3n) is 2.47. The van der Waals surface area contributed by atoms with Gasteiger partial charge in [-0.2, -0.15) is 21.4 Å². The molecule has 0 aliphatic rings. The van der Waals surface area contributed by atoms with Gasteiger partial charge in [0.05, 0.1) is 5.69 Å². The molecule has 3 heterocycles. The Labute approximate surface area is 107 Å². The Kier molecular flexibility index (Phi) is 2.60. The summed E-state index contributed by atoms with van der Waals surface area (Å²) in [7, 11) is 0. The molecule has 0 fully saturated rings. The van der Waals surface area contributed by atoms with Gasteiger partial charge in [-0.1, -0.05) is 5.16 Å². The summed E-state index contributed by atoms with van der Waals surface area (Å²) in [4.78, 5) is 4.31. The summed E-state index contributed by atoms with van der Waals surface area (Å²) in [5.74, 6) is 1.67. The van der Waals surface area contributed by atoms with Gasteiger partial charge in [0, 0.05) is 17.0 Å². The molecule has 0 aliphatic heterocycles. The standard InChI is InChI=1S/C11H11N5OS/c1-7-4-9(12)16(14-7)5-10-13-11(15-17-10)8-2-3-18-6-8/h2-4,6H,5,12H2,1H3. The van der Waals surface area contributed by atoms with Crippen molar-refractivity contribution >= 4 is 17.2 Å². The number of thiophene rings is 1. The molecule has 0 amide bonds. The average Bonchev–Trinajstić information content (AvgIpc) is 3.02. The molecule has 0 unspecified atom stereocenters. The molecule has 3 aromatic rings. The third kappa shape index (κ3) is 2.00. The summed E-state index contributed by atoms with van der Waals surface area (Å²) in [5.41, 5.74) is 7.63. The number of anilines is 1. The molecule has 0 spiro atoms. The second-order valence-corrected chi connectivity index (χ2v) is 4.67. The summed E-state index contributed by atoms with van der Waals surface area (Å²) in [6.45, 7) is 2.27. The highest BCUT2D eigenvalue weighted by atomic mass is 32.1. The molecular formula is C11H11N5OS. The molecule has 0 aliphatic carbocycles. The Morgan fingerprint density at radius 1 is 1.50 bits per heavy atom. The van der Waals surface area contributed by atoms with Crippen molar-refractivity contribution in [3.8, 4) is 11.4 Å². The van der Waals surface area contributed by atoms with Crippen LogP contribution in [-0.2, 0) is 6.54 Å². The number of aryl methyl sites for hydroxylation is 1. The van der Waals surface area contributed by atoms with E-state index in [1.165, 1.54) is 0 Å². The highest BCUT2D eigenvalue weighted by Gasteiger charge is 2.11. The Bertz CT molecular complexity index is 655. The van der Waals surface area contributed by atoms with Gasteiger partial charge in [0.2, 0.25) is 11.7 Å². The zero-order valence-corrected chi connectivity index (χ0v) is 10.5. The molecule has 18 heavy (non-hydrogen) atoms. The van der Waals surface area contributed by atoms with Gasteiger partial charge in [-0.25, -0.2) is 4.68 Å². The van der Waals surface area contributed by atoms with E-state index in [0.717, 1.165) is 11.3 Å². The van der Waals surface area contributed by atoms with Crippen LogP contribution in [0.4, 0.5) is 5.82 Å². The summed E-state index contributed by atoms with van der Waals surface area (Å²) in [6.07, 6.45) is 0. The number of nitrogens with zero attached hydrogens (tertiary/aromatic N) is 4. The average molecular weight is 261 g/mol. The van der Waals surface area contributed by atoms with Crippen LogP contribution in [0.25, 0.3) is 11.4 Å². The number of rotatable bonds is 3. The topological polar surface area (TPSA) is 82.8 Å². The molecule has 0 aromatic carbocycles. The first-order chi connectivity index (χ1) is 8.72. The maximum Gasteiger partial charge on any atom is 0.248 e. The summed E-state index contributed by atoms with van der Waals surface area (Å²) < 4.78 is 6.82. The van der Waals surface area contributed by atoms with Gasteiger partial charge in [0.25, 0.3) is 0 Å². The fraction of sp³-hybridized carbons (Fsp3) is 0.182. The maximum absolute atomic E-state index is 5.80. The zero-order chi connectivity index (χ0) is 12.5. The van der Waals surface area contributed by atoms with Crippen molar-refractivity contribution in [1.82, 2.24) is 19.9 Å². The van der Waals surface area contributed by atoms with E-state index in [1.807, 2.05) is 23.8 Å². The first kappa shape index (κ1) is 11.0. The van der Waals surface area contributed by atoms with Crippen molar-refractivity contribution in [3.63, 3.8) is 0 Å². The first-order valence-electron chi connectivity index (χ1n) is 5.37. The minimum atomic E-state index is 0.386. The van der Waals surface area contributed by atoms with Crippen LogP contribution in [0.5, 0.6) is 0 Å². The van der Waals surface area contributed by atoms with E-state index in [9.17, 15) is 0 Å². The fourth-order valence-electron chi connectivity index (χ4n) is 1.65. The number of aromatic nitrogens is 4. The lowest BCUT2D eigenvalue weighted by molar-refractivity contribution is 0.367. The Morgan fingerprint density at radius 2 is 2.39 bits per heavy atom. The minimum Gasteiger partial charge on any atom is -0.384 e. The molecule has 2 N–H and O–H groups in total. The number of hydrogen-bond donors (Lipinski definition) is 1. The lowest BCUT2D eigenvalue weighted by Crippen LogP contribution is -2.06. The highest BCUT2D eigenvalue weighted by molar-refractivity contribution is 7.08. The highest BCUT2D eigenvalue weighted by Crippen LogP contribution is 2.19. The van der Waals surface area contributed by atoms with Gasteiger partial charge in [0.1, 0.15) is 12.4 Å². The van der Waals surface area contributed by atoms with E-state index >= 15 is 0 Å². The maximum atomic E-state index is 5.80. The monoisotopic (exact) mass is 261 g/mol. The molecule has 92 valence electrons. The van der Waals surface area contributed by atoms with E-state index in [2.05, 4.69) is 15.2 Å². The van der Waals surface area contributed by atoms with Gasteiger partial charge in [-0.05, 0) is 18.4 Å². The summed E-state index contributed by atoms with van der Waals surface area (Å²) >= 11 is 1.59. The molecule has 0 saturated carbocycles. The van der Waals surface area contributed by atoms with Crippen LogP contribution in [0.3, 0.4) is 0 Å². The SMILES string of the molecule is Cc1cc(N)n(Cc2nc(-c3ccsc3)no2)n1. The molecule has 7 heteroatoms. The van der Waals surface area contributed by atoms with E-state index in [0.29, 0.717) is 24.1 Å². The van der Waals surface area contributed by atoms with Crippen molar-refractivity contribution in [3.05, 3.63) is 34.5 Å². The lowest BCUT2D eigenvalue weighted by Gasteiger charge is -1.98. The zero-order valence-electron chi connectivity index (χ0n) is 9.70. The van der Waals surface area contributed by atoms with Crippen molar-refractivity contribution in [1.29, 1.82) is 0 Å². The minimum absolute atomic E-state index is 0.386. The van der Waals surface area contributed by atoms with Crippen molar-refractivity contribution in [2.24, 2.45) is 0 Å². The Balaban J connectivity index is 1.84.